The van der Waals surface area contributed by atoms with E-state index in [9.17, 15) is 0 Å². The van der Waals surface area contributed by atoms with Crippen LogP contribution in [0.4, 0.5) is 0 Å². The number of aliphatic imine (C=N–C) groups is 1. The van der Waals surface area contributed by atoms with Crippen LogP contribution in [0.1, 0.15) is 5.56 Å². The average molecular weight is 200 g/mol. The summed E-state index contributed by atoms with van der Waals surface area (Å²) in [5, 5.41) is 1.21. The van der Waals surface area contributed by atoms with Crippen molar-refractivity contribution in [3.8, 4) is 0 Å². The van der Waals surface area contributed by atoms with Crippen molar-refractivity contribution in [3.05, 3.63) is 36.0 Å². The number of hydrogen-bond acceptors (Lipinski definition) is 2. The fraction of sp³-hybridized carbons (Fsp3) is 0.250. The molecule has 0 saturated carbocycles. The third-order valence-corrected chi connectivity index (χ3v) is 2.71. The Morgan fingerprint density at radius 1 is 1.33 bits per heavy atom. The number of ether oxygens (including phenoxy) is 1. The summed E-state index contributed by atoms with van der Waals surface area (Å²) in [7, 11) is 2.04. The first kappa shape index (κ1) is 8.53. The quantitative estimate of drug-likeness (QED) is 0.691. The number of aryl methyl sites for hydroxylation is 1. The van der Waals surface area contributed by atoms with E-state index in [0.29, 0.717) is 6.61 Å². The number of nitrogens with zero attached hydrogens (tertiary/aromatic N) is 2. The van der Waals surface area contributed by atoms with Crippen LogP contribution in [0.2, 0.25) is 0 Å². The minimum atomic E-state index is 0.707. The molecule has 0 bridgehead atoms. The van der Waals surface area contributed by atoms with Gasteiger partial charge in [-0.2, -0.15) is 0 Å². The molecule has 0 fully saturated rings. The highest BCUT2D eigenvalue weighted by Crippen LogP contribution is 2.22. The summed E-state index contributed by atoms with van der Waals surface area (Å²) in [4.78, 5) is 4.35. The first-order chi connectivity index (χ1) is 7.36. The van der Waals surface area contributed by atoms with Gasteiger partial charge in [0.15, 0.2) is 0 Å². The van der Waals surface area contributed by atoms with Crippen molar-refractivity contribution in [2.75, 3.05) is 13.2 Å². The second-order valence-electron chi connectivity index (χ2n) is 3.71. The van der Waals surface area contributed by atoms with E-state index in [2.05, 4.69) is 27.9 Å². The molecule has 1 aliphatic rings. The molecule has 3 nitrogen and oxygen atoms in total. The van der Waals surface area contributed by atoms with Gasteiger partial charge in [0.05, 0.1) is 12.1 Å². The fourth-order valence-electron chi connectivity index (χ4n) is 2.01. The summed E-state index contributed by atoms with van der Waals surface area (Å²) in [6.07, 6.45) is 2.08. The Morgan fingerprint density at radius 2 is 2.20 bits per heavy atom. The van der Waals surface area contributed by atoms with Gasteiger partial charge in [-0.25, -0.2) is 4.99 Å². The lowest BCUT2D eigenvalue weighted by atomic mass is 10.2. The third kappa shape index (κ3) is 1.23. The summed E-state index contributed by atoms with van der Waals surface area (Å²) in [5.41, 5.74) is 2.32. The Hall–Kier alpha value is -1.77. The van der Waals surface area contributed by atoms with Gasteiger partial charge in [0.1, 0.15) is 6.61 Å². The highest BCUT2D eigenvalue weighted by atomic mass is 16.5. The Labute approximate surface area is 88.0 Å². The predicted molar refractivity (Wildman–Crippen MR) is 60.3 cm³/mol. The molecule has 0 saturated heterocycles. The van der Waals surface area contributed by atoms with Crippen molar-refractivity contribution in [1.29, 1.82) is 0 Å². The molecule has 0 spiro atoms. The molecular weight excluding hydrogens is 188 g/mol. The third-order valence-electron chi connectivity index (χ3n) is 2.71. The van der Waals surface area contributed by atoms with Crippen molar-refractivity contribution in [3.63, 3.8) is 0 Å². The summed E-state index contributed by atoms with van der Waals surface area (Å²) >= 11 is 0. The molecular formula is C12H12N2O. The summed E-state index contributed by atoms with van der Waals surface area (Å²) in [6, 6.07) is 8.30. The highest BCUT2D eigenvalue weighted by Gasteiger charge is 2.15. The fourth-order valence-corrected chi connectivity index (χ4v) is 2.01. The topological polar surface area (TPSA) is 26.5 Å². The van der Waals surface area contributed by atoms with Gasteiger partial charge in [-0.15, -0.1) is 0 Å². The van der Waals surface area contributed by atoms with E-state index in [0.717, 1.165) is 18.0 Å². The molecule has 0 unspecified atom stereocenters. The van der Waals surface area contributed by atoms with Crippen LogP contribution in [-0.4, -0.2) is 23.6 Å². The van der Waals surface area contributed by atoms with Crippen LogP contribution in [0.3, 0.4) is 0 Å². The monoisotopic (exact) mass is 200 g/mol. The minimum absolute atomic E-state index is 0.707. The van der Waals surface area contributed by atoms with Crippen LogP contribution >= 0.6 is 0 Å². The maximum absolute atomic E-state index is 5.50. The van der Waals surface area contributed by atoms with Gasteiger partial charge in [0.2, 0.25) is 5.90 Å². The zero-order chi connectivity index (χ0) is 10.3. The molecule has 2 heterocycles. The SMILES string of the molecule is Cn1cc(C2=NCCO2)c2ccccc21. The van der Waals surface area contributed by atoms with Crippen LogP contribution in [0.25, 0.3) is 10.9 Å². The number of rotatable bonds is 1. The second kappa shape index (κ2) is 3.12. The first-order valence-corrected chi connectivity index (χ1v) is 5.08. The van der Waals surface area contributed by atoms with E-state index < -0.39 is 0 Å². The van der Waals surface area contributed by atoms with Gasteiger partial charge in [-0.05, 0) is 6.07 Å². The molecule has 1 aromatic heterocycles. The lowest BCUT2D eigenvalue weighted by Crippen LogP contribution is -1.99. The summed E-state index contributed by atoms with van der Waals surface area (Å²) < 4.78 is 7.60. The minimum Gasteiger partial charge on any atom is -0.475 e. The number of aromatic nitrogens is 1. The Bertz CT molecular complexity index is 540. The van der Waals surface area contributed by atoms with E-state index >= 15 is 0 Å². The molecule has 3 heteroatoms. The van der Waals surface area contributed by atoms with E-state index in [4.69, 9.17) is 4.74 Å². The van der Waals surface area contributed by atoms with Crippen molar-refractivity contribution < 1.29 is 4.74 Å². The van der Waals surface area contributed by atoms with Gasteiger partial charge in [0, 0.05) is 24.1 Å². The first-order valence-electron chi connectivity index (χ1n) is 5.08. The lowest BCUT2D eigenvalue weighted by Gasteiger charge is -1.98. The Kier molecular flexibility index (Phi) is 1.78. The van der Waals surface area contributed by atoms with E-state index in [-0.39, 0.29) is 0 Å². The molecule has 1 aromatic carbocycles. The molecule has 0 radical (unpaired) electrons. The van der Waals surface area contributed by atoms with E-state index in [1.165, 1.54) is 10.9 Å². The highest BCUT2D eigenvalue weighted by molar-refractivity contribution is 6.07. The molecule has 2 aromatic rings. The standard InChI is InChI=1S/C12H12N2O/c1-14-8-10(12-13-6-7-15-12)9-4-2-3-5-11(9)14/h2-5,8H,6-7H2,1H3. The predicted octanol–water partition coefficient (Wildman–Crippen LogP) is 1.96. The zero-order valence-electron chi connectivity index (χ0n) is 8.60. The van der Waals surface area contributed by atoms with Gasteiger partial charge in [-0.3, -0.25) is 0 Å². The lowest BCUT2D eigenvalue weighted by molar-refractivity contribution is 0.348. The Morgan fingerprint density at radius 3 is 3.00 bits per heavy atom. The van der Waals surface area contributed by atoms with E-state index in [1.807, 2.05) is 19.2 Å². The number of benzene rings is 1. The van der Waals surface area contributed by atoms with Crippen molar-refractivity contribution >= 4 is 16.8 Å². The number of para-hydroxylation sites is 1. The molecule has 0 atom stereocenters. The number of fused-ring (bicyclic) bond motifs is 1. The molecule has 0 aliphatic carbocycles. The van der Waals surface area contributed by atoms with Gasteiger partial charge in [0.25, 0.3) is 0 Å². The van der Waals surface area contributed by atoms with Crippen LogP contribution in [0, 0.1) is 0 Å². The van der Waals surface area contributed by atoms with Crippen molar-refractivity contribution in [1.82, 2.24) is 4.57 Å². The number of hydrogen-bond donors (Lipinski definition) is 0. The maximum Gasteiger partial charge on any atom is 0.218 e. The molecule has 15 heavy (non-hydrogen) atoms. The van der Waals surface area contributed by atoms with Crippen LogP contribution in [0.5, 0.6) is 0 Å². The van der Waals surface area contributed by atoms with Crippen molar-refractivity contribution in [2.24, 2.45) is 12.0 Å². The molecule has 3 rings (SSSR count). The maximum atomic E-state index is 5.50. The Balaban J connectivity index is 2.26. The van der Waals surface area contributed by atoms with Gasteiger partial charge < -0.3 is 9.30 Å². The smallest absolute Gasteiger partial charge is 0.218 e. The van der Waals surface area contributed by atoms with E-state index in [1.54, 1.807) is 0 Å². The molecule has 0 amide bonds. The average Bonchev–Trinajstić information content (AvgIpc) is 2.87. The van der Waals surface area contributed by atoms with Gasteiger partial charge >= 0.3 is 0 Å². The molecule has 1 aliphatic heterocycles. The van der Waals surface area contributed by atoms with Gasteiger partial charge in [-0.1, -0.05) is 18.2 Å². The summed E-state index contributed by atoms with van der Waals surface area (Å²) in [5.74, 6) is 0.784. The van der Waals surface area contributed by atoms with Crippen molar-refractivity contribution in [2.45, 2.75) is 0 Å². The molecule has 76 valence electrons. The van der Waals surface area contributed by atoms with Crippen LogP contribution < -0.4 is 0 Å². The normalized spacial score (nSPS) is 15.4. The van der Waals surface area contributed by atoms with Crippen LogP contribution in [0.15, 0.2) is 35.5 Å². The largest absolute Gasteiger partial charge is 0.475 e. The second-order valence-corrected chi connectivity index (χ2v) is 3.71. The summed E-state index contributed by atoms with van der Waals surface area (Å²) in [6.45, 7) is 1.48. The molecule has 0 N–H and O–H groups in total. The zero-order valence-corrected chi connectivity index (χ0v) is 8.60. The van der Waals surface area contributed by atoms with Crippen LogP contribution in [-0.2, 0) is 11.8 Å².